The SMILES string of the molecule is COc1cc(C=C(NC(=O)c2ccccc2)c2nc3ncncc3[nH]2)cc(OC)c1OC. The van der Waals surface area contributed by atoms with Crippen LogP contribution in [0.5, 0.6) is 17.2 Å². The summed E-state index contributed by atoms with van der Waals surface area (Å²) in [5.74, 6) is 1.60. The summed E-state index contributed by atoms with van der Waals surface area (Å²) in [4.78, 5) is 28.7. The van der Waals surface area contributed by atoms with Gasteiger partial charge in [-0.1, -0.05) is 18.2 Å². The van der Waals surface area contributed by atoms with E-state index in [4.69, 9.17) is 14.2 Å². The van der Waals surface area contributed by atoms with Crippen LogP contribution >= 0.6 is 0 Å². The Balaban J connectivity index is 1.81. The minimum absolute atomic E-state index is 0.282. The van der Waals surface area contributed by atoms with Gasteiger partial charge in [-0.05, 0) is 35.9 Å². The summed E-state index contributed by atoms with van der Waals surface area (Å²) < 4.78 is 16.3. The van der Waals surface area contributed by atoms with Crippen LogP contribution in [0.15, 0.2) is 55.0 Å². The number of methoxy groups -OCH3 is 3. The second-order valence-corrected chi connectivity index (χ2v) is 6.68. The molecular weight excluding hydrogens is 410 g/mol. The zero-order chi connectivity index (χ0) is 22.5. The van der Waals surface area contributed by atoms with Gasteiger partial charge in [0, 0.05) is 5.56 Å². The number of imidazole rings is 1. The van der Waals surface area contributed by atoms with E-state index in [1.54, 1.807) is 62.9 Å². The lowest BCUT2D eigenvalue weighted by Crippen LogP contribution is -2.22. The van der Waals surface area contributed by atoms with Crippen molar-refractivity contribution in [3.05, 3.63) is 71.9 Å². The number of hydrogen-bond donors (Lipinski definition) is 2. The number of ether oxygens (including phenoxy) is 3. The van der Waals surface area contributed by atoms with Crippen LogP contribution < -0.4 is 19.5 Å². The first-order valence-corrected chi connectivity index (χ1v) is 9.67. The van der Waals surface area contributed by atoms with E-state index in [1.165, 1.54) is 13.4 Å². The van der Waals surface area contributed by atoms with E-state index in [1.807, 2.05) is 6.07 Å². The van der Waals surface area contributed by atoms with E-state index in [-0.39, 0.29) is 5.91 Å². The molecule has 0 saturated heterocycles. The molecule has 0 bridgehead atoms. The fourth-order valence-electron chi connectivity index (χ4n) is 3.19. The van der Waals surface area contributed by atoms with E-state index in [2.05, 4.69) is 25.3 Å². The van der Waals surface area contributed by atoms with Gasteiger partial charge < -0.3 is 24.5 Å². The number of hydrogen-bond acceptors (Lipinski definition) is 7. The summed E-state index contributed by atoms with van der Waals surface area (Å²) in [6, 6.07) is 12.5. The van der Waals surface area contributed by atoms with Crippen molar-refractivity contribution in [2.75, 3.05) is 21.3 Å². The van der Waals surface area contributed by atoms with Crippen LogP contribution in [0, 0.1) is 0 Å². The average molecular weight is 431 g/mol. The predicted molar refractivity (Wildman–Crippen MR) is 120 cm³/mol. The third-order valence-electron chi connectivity index (χ3n) is 4.70. The third kappa shape index (κ3) is 4.22. The van der Waals surface area contributed by atoms with Gasteiger partial charge in [-0.25, -0.2) is 15.0 Å². The maximum absolute atomic E-state index is 12.9. The Hall–Kier alpha value is -4.40. The standard InChI is InChI=1S/C23H21N5O4/c1-30-18-10-14(11-19(31-2)20(18)32-3)9-16(27-23(29)15-7-5-4-6-8-15)22-26-17-12-24-13-25-21(17)28-22/h4-13H,1-3H3,(H,27,29)(H,24,25,26,28). The summed E-state index contributed by atoms with van der Waals surface area (Å²) in [7, 11) is 4.62. The first kappa shape index (κ1) is 20.9. The van der Waals surface area contributed by atoms with Crippen LogP contribution in [0.3, 0.4) is 0 Å². The number of benzene rings is 2. The molecule has 162 valence electrons. The number of aromatic nitrogens is 4. The van der Waals surface area contributed by atoms with Gasteiger partial charge in [0.15, 0.2) is 23.0 Å². The van der Waals surface area contributed by atoms with Gasteiger partial charge in [-0.2, -0.15) is 0 Å². The van der Waals surface area contributed by atoms with Gasteiger partial charge in [-0.15, -0.1) is 0 Å². The van der Waals surface area contributed by atoms with Crippen LogP contribution in [-0.4, -0.2) is 47.2 Å². The van der Waals surface area contributed by atoms with Crippen molar-refractivity contribution in [3.8, 4) is 17.2 Å². The van der Waals surface area contributed by atoms with Crippen LogP contribution in [0.25, 0.3) is 22.9 Å². The summed E-state index contributed by atoms with van der Waals surface area (Å²) in [5.41, 5.74) is 2.78. The van der Waals surface area contributed by atoms with Gasteiger partial charge in [-0.3, -0.25) is 4.79 Å². The van der Waals surface area contributed by atoms with Crippen LogP contribution in [-0.2, 0) is 0 Å². The first-order chi connectivity index (χ1) is 15.6. The quantitative estimate of drug-likeness (QED) is 0.462. The largest absolute Gasteiger partial charge is 0.493 e. The van der Waals surface area contributed by atoms with E-state index >= 15 is 0 Å². The van der Waals surface area contributed by atoms with Gasteiger partial charge in [0.05, 0.1) is 33.2 Å². The van der Waals surface area contributed by atoms with Crippen LogP contribution in [0.2, 0.25) is 0 Å². The summed E-state index contributed by atoms with van der Waals surface area (Å²) in [5, 5.41) is 2.93. The molecule has 0 spiro atoms. The number of carbonyl (C=O) groups is 1. The van der Waals surface area contributed by atoms with Gasteiger partial charge >= 0.3 is 0 Å². The lowest BCUT2D eigenvalue weighted by molar-refractivity contribution is 0.0973. The third-order valence-corrected chi connectivity index (χ3v) is 4.70. The van der Waals surface area contributed by atoms with Crippen molar-refractivity contribution < 1.29 is 19.0 Å². The molecule has 0 aliphatic rings. The van der Waals surface area contributed by atoms with Crippen molar-refractivity contribution in [2.45, 2.75) is 0 Å². The Morgan fingerprint density at radius 2 is 1.75 bits per heavy atom. The monoisotopic (exact) mass is 431 g/mol. The molecule has 4 aromatic rings. The highest BCUT2D eigenvalue weighted by atomic mass is 16.5. The Morgan fingerprint density at radius 3 is 2.38 bits per heavy atom. The molecule has 0 radical (unpaired) electrons. The molecule has 0 atom stereocenters. The van der Waals surface area contributed by atoms with Crippen molar-refractivity contribution in [1.82, 2.24) is 25.3 Å². The Bertz CT molecular complexity index is 1230. The van der Waals surface area contributed by atoms with E-state index in [9.17, 15) is 4.79 Å². The Kier molecular flexibility index (Phi) is 5.98. The topological polar surface area (TPSA) is 111 Å². The average Bonchev–Trinajstić information content (AvgIpc) is 3.27. The first-order valence-electron chi connectivity index (χ1n) is 9.67. The molecule has 2 heterocycles. The minimum Gasteiger partial charge on any atom is -0.493 e. The Morgan fingerprint density at radius 1 is 1.03 bits per heavy atom. The van der Waals surface area contributed by atoms with E-state index < -0.39 is 0 Å². The molecule has 0 aliphatic heterocycles. The molecule has 4 rings (SSSR count). The molecule has 0 fully saturated rings. The minimum atomic E-state index is -0.282. The highest BCUT2D eigenvalue weighted by Crippen LogP contribution is 2.39. The Labute approximate surface area is 184 Å². The number of nitrogens with zero attached hydrogens (tertiary/aromatic N) is 3. The molecule has 32 heavy (non-hydrogen) atoms. The maximum Gasteiger partial charge on any atom is 0.255 e. The van der Waals surface area contributed by atoms with Crippen LogP contribution in [0.1, 0.15) is 21.7 Å². The van der Waals surface area contributed by atoms with Crippen molar-refractivity contribution >= 4 is 28.8 Å². The maximum atomic E-state index is 12.9. The second kappa shape index (κ2) is 9.17. The fourth-order valence-corrected chi connectivity index (χ4v) is 3.19. The number of amides is 1. The highest BCUT2D eigenvalue weighted by Gasteiger charge is 2.16. The highest BCUT2D eigenvalue weighted by molar-refractivity contribution is 6.01. The number of carbonyl (C=O) groups excluding carboxylic acids is 1. The molecule has 9 heteroatoms. The zero-order valence-electron chi connectivity index (χ0n) is 17.7. The van der Waals surface area contributed by atoms with Crippen LogP contribution in [0.4, 0.5) is 0 Å². The van der Waals surface area contributed by atoms with E-state index in [0.29, 0.717) is 51.1 Å². The summed E-state index contributed by atoms with van der Waals surface area (Å²) in [6.07, 6.45) is 4.80. The number of aromatic amines is 1. The second-order valence-electron chi connectivity index (χ2n) is 6.68. The molecule has 9 nitrogen and oxygen atoms in total. The fraction of sp³-hybridized carbons (Fsp3) is 0.130. The summed E-state index contributed by atoms with van der Waals surface area (Å²) >= 11 is 0. The van der Waals surface area contributed by atoms with Crippen molar-refractivity contribution in [3.63, 3.8) is 0 Å². The van der Waals surface area contributed by atoms with Gasteiger partial charge in [0.25, 0.3) is 5.91 Å². The number of rotatable bonds is 7. The normalized spacial score (nSPS) is 11.3. The molecule has 2 aromatic heterocycles. The predicted octanol–water partition coefficient (Wildman–Crippen LogP) is 3.31. The smallest absolute Gasteiger partial charge is 0.255 e. The zero-order valence-corrected chi connectivity index (χ0v) is 17.7. The summed E-state index contributed by atoms with van der Waals surface area (Å²) in [6.45, 7) is 0. The molecule has 2 N–H and O–H groups in total. The lowest BCUT2D eigenvalue weighted by Gasteiger charge is -2.14. The molecule has 1 amide bonds. The lowest BCUT2D eigenvalue weighted by atomic mass is 10.1. The molecule has 2 aromatic carbocycles. The number of H-pyrrole nitrogens is 1. The molecule has 0 aliphatic carbocycles. The number of fused-ring (bicyclic) bond motifs is 1. The van der Waals surface area contributed by atoms with Gasteiger partial charge in [0.2, 0.25) is 5.75 Å². The van der Waals surface area contributed by atoms with Crippen molar-refractivity contribution in [2.24, 2.45) is 0 Å². The molecule has 0 saturated carbocycles. The van der Waals surface area contributed by atoms with Gasteiger partial charge in [0.1, 0.15) is 11.8 Å². The molecular formula is C23H21N5O4. The molecule has 0 unspecified atom stereocenters. The number of nitrogens with one attached hydrogen (secondary N) is 2. The van der Waals surface area contributed by atoms with Crippen molar-refractivity contribution in [1.29, 1.82) is 0 Å². The van der Waals surface area contributed by atoms with E-state index in [0.717, 1.165) is 0 Å².